The van der Waals surface area contributed by atoms with Crippen molar-refractivity contribution in [1.82, 2.24) is 10.2 Å². The number of nitrogens with one attached hydrogen (secondary N) is 1. The van der Waals surface area contributed by atoms with Gasteiger partial charge in [-0.25, -0.2) is 13.6 Å². The average molecular weight is 395 g/mol. The number of rotatable bonds is 3. The quantitative estimate of drug-likeness (QED) is 0.830. The van der Waals surface area contributed by atoms with Gasteiger partial charge in [-0.3, -0.25) is 4.79 Å². The van der Waals surface area contributed by atoms with Crippen LogP contribution in [0.2, 0.25) is 5.02 Å². The third-order valence-electron chi connectivity index (χ3n) is 4.68. The van der Waals surface area contributed by atoms with Crippen molar-refractivity contribution in [3.8, 4) is 0 Å². The van der Waals surface area contributed by atoms with Crippen LogP contribution in [0.4, 0.5) is 13.6 Å². The third-order valence-corrected chi connectivity index (χ3v) is 4.93. The van der Waals surface area contributed by atoms with Gasteiger partial charge in [-0.15, -0.1) is 0 Å². The molecule has 1 saturated heterocycles. The fourth-order valence-electron chi connectivity index (χ4n) is 3.23. The van der Waals surface area contributed by atoms with Crippen molar-refractivity contribution in [2.45, 2.75) is 18.4 Å². The number of carbonyl (C=O) groups is 2. The highest BCUT2D eigenvalue weighted by atomic mass is 35.5. The van der Waals surface area contributed by atoms with Crippen LogP contribution < -0.4 is 5.32 Å². The molecule has 1 aliphatic heterocycles. The Morgan fingerprint density at radius 3 is 2.44 bits per heavy atom. The van der Waals surface area contributed by atoms with Gasteiger partial charge >= 0.3 is 6.09 Å². The molecule has 2 amide bonds. The lowest BCUT2D eigenvalue weighted by Gasteiger charge is -2.38. The Bertz CT molecular complexity index is 861. The van der Waals surface area contributed by atoms with E-state index >= 15 is 0 Å². The molecule has 0 saturated carbocycles. The first-order valence-electron chi connectivity index (χ1n) is 8.34. The Hall–Kier alpha value is -2.67. The molecule has 2 unspecified atom stereocenters. The lowest BCUT2D eigenvalue weighted by atomic mass is 9.85. The summed E-state index contributed by atoms with van der Waals surface area (Å²) in [4.78, 5) is 25.1. The molecule has 27 heavy (non-hydrogen) atoms. The molecule has 0 spiro atoms. The van der Waals surface area contributed by atoms with Gasteiger partial charge in [-0.2, -0.15) is 0 Å². The normalized spacial score (nSPS) is 19.6. The van der Waals surface area contributed by atoms with E-state index in [1.54, 1.807) is 24.3 Å². The van der Waals surface area contributed by atoms with Crippen LogP contribution in [-0.2, 0) is 0 Å². The second kappa shape index (κ2) is 7.92. The van der Waals surface area contributed by atoms with E-state index in [-0.39, 0.29) is 19.0 Å². The standard InChI is InChI=1S/C19H17ClF2N2O3/c20-13-4-1-11(2-5-13)18(25)23-17-7-8-24(19(26)27)10-14(17)12-3-6-15(21)16(22)9-12/h1-6,9,14,17H,7-8,10H2,(H,23,25)(H,26,27). The van der Waals surface area contributed by atoms with Crippen molar-refractivity contribution < 1.29 is 23.5 Å². The molecule has 5 nitrogen and oxygen atoms in total. The number of piperidine rings is 1. The number of benzene rings is 2. The molecule has 142 valence electrons. The Morgan fingerprint density at radius 2 is 1.81 bits per heavy atom. The van der Waals surface area contributed by atoms with Crippen molar-refractivity contribution in [3.05, 3.63) is 70.2 Å². The summed E-state index contributed by atoms with van der Waals surface area (Å²) < 4.78 is 26.9. The van der Waals surface area contributed by atoms with E-state index in [4.69, 9.17) is 11.6 Å². The maximum absolute atomic E-state index is 13.7. The molecule has 1 heterocycles. The van der Waals surface area contributed by atoms with Gasteiger partial charge in [-0.1, -0.05) is 17.7 Å². The SMILES string of the molecule is O=C(NC1CCN(C(=O)O)CC1c1ccc(F)c(F)c1)c1ccc(Cl)cc1. The average Bonchev–Trinajstić information content (AvgIpc) is 2.64. The molecule has 2 N–H and O–H groups in total. The maximum Gasteiger partial charge on any atom is 0.407 e. The van der Waals surface area contributed by atoms with Gasteiger partial charge in [0.1, 0.15) is 0 Å². The first-order valence-corrected chi connectivity index (χ1v) is 8.72. The van der Waals surface area contributed by atoms with Gasteiger partial charge in [0.15, 0.2) is 11.6 Å². The molecule has 0 aromatic heterocycles. The number of carboxylic acid groups (broad SMARTS) is 1. The summed E-state index contributed by atoms with van der Waals surface area (Å²) in [6.07, 6.45) is -0.736. The summed E-state index contributed by atoms with van der Waals surface area (Å²) in [5, 5.41) is 12.6. The smallest absolute Gasteiger partial charge is 0.407 e. The zero-order valence-corrected chi connectivity index (χ0v) is 14.9. The van der Waals surface area contributed by atoms with Crippen LogP contribution >= 0.6 is 11.6 Å². The molecule has 2 atom stereocenters. The van der Waals surface area contributed by atoms with Gasteiger partial charge in [0, 0.05) is 35.6 Å². The van der Waals surface area contributed by atoms with Crippen LogP contribution in [0.5, 0.6) is 0 Å². The van der Waals surface area contributed by atoms with Gasteiger partial charge in [0.05, 0.1) is 0 Å². The van der Waals surface area contributed by atoms with Crippen molar-refractivity contribution in [3.63, 3.8) is 0 Å². The summed E-state index contributed by atoms with van der Waals surface area (Å²) in [6, 6.07) is 9.39. The van der Waals surface area contributed by atoms with E-state index in [2.05, 4.69) is 5.32 Å². The summed E-state index contributed by atoms with van der Waals surface area (Å²) in [5.74, 6) is -2.83. The molecular formula is C19H17ClF2N2O3. The summed E-state index contributed by atoms with van der Waals surface area (Å²) in [6.45, 7) is 0.313. The minimum Gasteiger partial charge on any atom is -0.465 e. The summed E-state index contributed by atoms with van der Waals surface area (Å²) in [7, 11) is 0. The Balaban J connectivity index is 1.84. The summed E-state index contributed by atoms with van der Waals surface area (Å²) in [5.41, 5.74) is 0.838. The third kappa shape index (κ3) is 4.36. The predicted molar refractivity (Wildman–Crippen MR) is 96.0 cm³/mol. The molecule has 1 fully saturated rings. The van der Waals surface area contributed by atoms with Crippen molar-refractivity contribution in [2.24, 2.45) is 0 Å². The lowest BCUT2D eigenvalue weighted by Crippen LogP contribution is -2.51. The molecule has 0 bridgehead atoms. The molecule has 2 aromatic rings. The van der Waals surface area contributed by atoms with Crippen LogP contribution in [0.1, 0.15) is 28.3 Å². The van der Waals surface area contributed by atoms with Crippen molar-refractivity contribution >= 4 is 23.6 Å². The van der Waals surface area contributed by atoms with E-state index < -0.39 is 29.7 Å². The first-order chi connectivity index (χ1) is 12.8. The Morgan fingerprint density at radius 1 is 1.11 bits per heavy atom. The molecule has 2 aromatic carbocycles. The highest BCUT2D eigenvalue weighted by Gasteiger charge is 2.34. The Kier molecular flexibility index (Phi) is 5.60. The highest BCUT2D eigenvalue weighted by molar-refractivity contribution is 6.30. The largest absolute Gasteiger partial charge is 0.465 e. The number of hydrogen-bond donors (Lipinski definition) is 2. The number of halogens is 3. The number of likely N-dealkylation sites (tertiary alicyclic amines) is 1. The van der Waals surface area contributed by atoms with Crippen LogP contribution in [0.25, 0.3) is 0 Å². The Labute approximate surface area is 159 Å². The lowest BCUT2D eigenvalue weighted by molar-refractivity contribution is 0.0888. The maximum atomic E-state index is 13.7. The fraction of sp³-hybridized carbons (Fsp3) is 0.263. The van der Waals surface area contributed by atoms with Gasteiger partial charge in [0.25, 0.3) is 5.91 Å². The minimum atomic E-state index is -1.09. The summed E-state index contributed by atoms with van der Waals surface area (Å²) >= 11 is 5.83. The minimum absolute atomic E-state index is 0.0754. The molecule has 0 aliphatic carbocycles. The first kappa shape index (κ1) is 19.1. The fourth-order valence-corrected chi connectivity index (χ4v) is 3.36. The number of carbonyl (C=O) groups excluding carboxylic acids is 1. The molecule has 1 aliphatic rings. The van der Waals surface area contributed by atoms with Crippen LogP contribution in [0.3, 0.4) is 0 Å². The highest BCUT2D eigenvalue weighted by Crippen LogP contribution is 2.29. The zero-order chi connectivity index (χ0) is 19.6. The van der Waals surface area contributed by atoms with Gasteiger partial charge < -0.3 is 15.3 Å². The number of hydrogen-bond acceptors (Lipinski definition) is 2. The van der Waals surface area contributed by atoms with Crippen molar-refractivity contribution in [2.75, 3.05) is 13.1 Å². The van der Waals surface area contributed by atoms with Gasteiger partial charge in [0.2, 0.25) is 0 Å². The number of amides is 2. The predicted octanol–water partition coefficient (Wildman–Crippen LogP) is 3.88. The van der Waals surface area contributed by atoms with E-state index in [0.29, 0.717) is 22.6 Å². The van der Waals surface area contributed by atoms with E-state index in [1.807, 2.05) is 0 Å². The van der Waals surface area contributed by atoms with Crippen LogP contribution in [0.15, 0.2) is 42.5 Å². The number of nitrogens with zero attached hydrogens (tertiary/aromatic N) is 1. The molecule has 8 heteroatoms. The van der Waals surface area contributed by atoms with E-state index in [1.165, 1.54) is 11.0 Å². The molecule has 0 radical (unpaired) electrons. The van der Waals surface area contributed by atoms with Crippen molar-refractivity contribution in [1.29, 1.82) is 0 Å². The molecule has 3 rings (SSSR count). The van der Waals surface area contributed by atoms with Gasteiger partial charge in [-0.05, 0) is 48.4 Å². The van der Waals surface area contributed by atoms with E-state index in [9.17, 15) is 23.5 Å². The second-order valence-electron chi connectivity index (χ2n) is 6.38. The second-order valence-corrected chi connectivity index (χ2v) is 6.82. The zero-order valence-electron chi connectivity index (χ0n) is 14.2. The monoisotopic (exact) mass is 394 g/mol. The topological polar surface area (TPSA) is 69.6 Å². The van der Waals surface area contributed by atoms with Crippen LogP contribution in [0, 0.1) is 11.6 Å². The van der Waals surface area contributed by atoms with Crippen LogP contribution in [-0.4, -0.2) is 41.1 Å². The van der Waals surface area contributed by atoms with E-state index in [0.717, 1.165) is 12.1 Å². The molecular weight excluding hydrogens is 378 g/mol.